The minimum Gasteiger partial charge on any atom is -0.488 e. The second-order valence-corrected chi connectivity index (χ2v) is 5.48. The van der Waals surface area contributed by atoms with Crippen LogP contribution in [0.25, 0.3) is 0 Å². The highest BCUT2D eigenvalue weighted by Crippen LogP contribution is 2.29. The number of β-amino-alcohol motifs (C(OH)–C–C–N with tert-alkyl or cyclic N) is 1. The summed E-state index contributed by atoms with van der Waals surface area (Å²) in [5, 5.41) is 23.3. The van der Waals surface area contributed by atoms with E-state index in [0.29, 0.717) is 0 Å². The van der Waals surface area contributed by atoms with Gasteiger partial charge in [-0.05, 0) is 6.07 Å². The van der Waals surface area contributed by atoms with Crippen LogP contribution < -0.4 is 10.1 Å². The van der Waals surface area contributed by atoms with E-state index in [1.807, 2.05) is 0 Å². The number of nitro groups is 1. The van der Waals surface area contributed by atoms with Gasteiger partial charge in [-0.25, -0.2) is 0 Å². The number of anilines is 1. The first-order valence-electron chi connectivity index (χ1n) is 7.48. The number of rotatable bonds is 7. The highest BCUT2D eigenvalue weighted by atomic mass is 16.6. The molecular weight excluding hydrogens is 334 g/mol. The predicted octanol–water partition coefficient (Wildman–Crippen LogP) is 0.442. The number of aliphatic hydroxyl groups excluding tert-OH is 1. The molecule has 1 aromatic rings. The number of non-ortho nitro benzene ring substituents is 1. The van der Waals surface area contributed by atoms with E-state index in [9.17, 15) is 29.6 Å². The second-order valence-electron chi connectivity index (χ2n) is 5.48. The zero-order valence-corrected chi connectivity index (χ0v) is 13.4. The van der Waals surface area contributed by atoms with Gasteiger partial charge in [-0.1, -0.05) is 0 Å². The Hall–Kier alpha value is -3.01. The van der Waals surface area contributed by atoms with Crippen LogP contribution in [-0.4, -0.2) is 51.9 Å². The van der Waals surface area contributed by atoms with E-state index < -0.39 is 16.9 Å². The van der Waals surface area contributed by atoms with Gasteiger partial charge in [-0.3, -0.25) is 29.4 Å². The fourth-order valence-corrected chi connectivity index (χ4v) is 2.31. The molecular formula is C15H17N3O7. The van der Waals surface area contributed by atoms with Crippen molar-refractivity contribution in [2.45, 2.75) is 25.9 Å². The quantitative estimate of drug-likeness (QED) is 0.413. The lowest BCUT2D eigenvalue weighted by atomic mass is 10.2. The number of likely N-dealkylation sites (tertiary alicyclic amines) is 1. The van der Waals surface area contributed by atoms with E-state index in [2.05, 4.69) is 5.32 Å². The van der Waals surface area contributed by atoms with Crippen LogP contribution in [-0.2, 0) is 14.4 Å². The molecule has 1 unspecified atom stereocenters. The van der Waals surface area contributed by atoms with E-state index in [-0.39, 0.29) is 54.9 Å². The number of nitrogens with zero attached hydrogens (tertiary/aromatic N) is 2. The first kappa shape index (κ1) is 18.3. The van der Waals surface area contributed by atoms with E-state index in [0.717, 1.165) is 11.0 Å². The lowest BCUT2D eigenvalue weighted by Gasteiger charge is -2.19. The maximum Gasteiger partial charge on any atom is 0.273 e. The van der Waals surface area contributed by atoms with Crippen molar-refractivity contribution >= 4 is 29.1 Å². The molecule has 0 aliphatic carbocycles. The summed E-state index contributed by atoms with van der Waals surface area (Å²) >= 11 is 0. The average Bonchev–Trinajstić information content (AvgIpc) is 2.85. The van der Waals surface area contributed by atoms with Crippen LogP contribution in [0.4, 0.5) is 11.4 Å². The molecule has 0 radical (unpaired) electrons. The molecule has 1 aliphatic rings. The first-order chi connectivity index (χ1) is 11.8. The van der Waals surface area contributed by atoms with Crippen molar-refractivity contribution in [3.63, 3.8) is 0 Å². The largest absolute Gasteiger partial charge is 0.488 e. The van der Waals surface area contributed by atoms with E-state index in [1.54, 1.807) is 0 Å². The third kappa shape index (κ3) is 4.73. The molecule has 1 aromatic carbocycles. The third-order valence-electron chi connectivity index (χ3n) is 3.47. The molecule has 1 atom stereocenters. The first-order valence-corrected chi connectivity index (χ1v) is 7.48. The minimum atomic E-state index is -1.17. The average molecular weight is 351 g/mol. The van der Waals surface area contributed by atoms with Gasteiger partial charge in [-0.2, -0.15) is 0 Å². The number of hydrogen-bond donors (Lipinski definition) is 2. The Bertz CT molecular complexity index is 703. The van der Waals surface area contributed by atoms with Gasteiger partial charge in [0.05, 0.1) is 23.2 Å². The van der Waals surface area contributed by atoms with Crippen molar-refractivity contribution in [3.8, 4) is 5.75 Å². The van der Waals surface area contributed by atoms with Crippen molar-refractivity contribution in [1.82, 2.24) is 4.90 Å². The van der Waals surface area contributed by atoms with E-state index in [4.69, 9.17) is 4.74 Å². The van der Waals surface area contributed by atoms with Crippen molar-refractivity contribution in [2.75, 3.05) is 18.5 Å². The molecule has 25 heavy (non-hydrogen) atoms. The van der Waals surface area contributed by atoms with Gasteiger partial charge in [0.25, 0.3) is 5.69 Å². The fraction of sp³-hybridized carbons (Fsp3) is 0.400. The molecule has 0 spiro atoms. The maximum absolute atomic E-state index is 11.5. The number of hydrogen-bond acceptors (Lipinski definition) is 7. The highest BCUT2D eigenvalue weighted by Gasteiger charge is 2.30. The van der Waals surface area contributed by atoms with E-state index in [1.165, 1.54) is 19.1 Å². The third-order valence-corrected chi connectivity index (χ3v) is 3.47. The molecule has 3 amide bonds. The lowest BCUT2D eigenvalue weighted by molar-refractivity contribution is -0.384. The molecule has 2 N–H and O–H groups in total. The Morgan fingerprint density at radius 1 is 1.40 bits per heavy atom. The molecule has 2 rings (SSSR count). The Kier molecular flexibility index (Phi) is 5.65. The number of carbonyl (C=O) groups is 3. The predicted molar refractivity (Wildman–Crippen MR) is 84.9 cm³/mol. The molecule has 134 valence electrons. The molecule has 1 heterocycles. The number of imide groups is 1. The standard InChI is InChI=1S/C15H17N3O7/c1-9(19)16-12-3-2-10(18(23)24)6-13(12)25-8-11(20)7-17-14(21)4-5-15(17)22/h2-3,6,11,20H,4-5,7-8H2,1H3,(H,16,19). The Labute approximate surface area is 142 Å². The minimum absolute atomic E-state index is 0.00234. The summed E-state index contributed by atoms with van der Waals surface area (Å²) in [5.74, 6) is -1.12. The number of aliphatic hydroxyl groups is 1. The molecule has 0 saturated carbocycles. The van der Waals surface area contributed by atoms with E-state index >= 15 is 0 Å². The lowest BCUT2D eigenvalue weighted by Crippen LogP contribution is -2.38. The summed E-state index contributed by atoms with van der Waals surface area (Å²) in [5.41, 5.74) is -0.0397. The van der Waals surface area contributed by atoms with Gasteiger partial charge in [0.1, 0.15) is 18.5 Å². The van der Waals surface area contributed by atoms with Gasteiger partial charge < -0.3 is 15.2 Å². The Morgan fingerprint density at radius 3 is 2.60 bits per heavy atom. The molecule has 1 aliphatic heterocycles. The van der Waals surface area contributed by atoms with Crippen molar-refractivity contribution in [2.24, 2.45) is 0 Å². The topological polar surface area (TPSA) is 139 Å². The second kappa shape index (κ2) is 7.71. The SMILES string of the molecule is CC(=O)Nc1ccc([N+](=O)[O-])cc1OCC(O)CN1C(=O)CCC1=O. The van der Waals surface area contributed by atoms with Crippen molar-refractivity contribution < 1.29 is 29.2 Å². The summed E-state index contributed by atoms with van der Waals surface area (Å²) < 4.78 is 5.35. The number of carbonyl (C=O) groups excluding carboxylic acids is 3. The van der Waals surface area contributed by atoms with Crippen LogP contribution in [0.3, 0.4) is 0 Å². The molecule has 10 nitrogen and oxygen atoms in total. The fourth-order valence-electron chi connectivity index (χ4n) is 2.31. The molecule has 0 bridgehead atoms. The van der Waals surface area contributed by atoms with Gasteiger partial charge in [0.15, 0.2) is 0 Å². The van der Waals surface area contributed by atoms with Gasteiger partial charge in [0, 0.05) is 25.8 Å². The number of amides is 3. The molecule has 1 saturated heterocycles. The number of benzene rings is 1. The van der Waals surface area contributed by atoms with Crippen LogP contribution in [0.2, 0.25) is 0 Å². The number of ether oxygens (including phenoxy) is 1. The summed E-state index contributed by atoms with van der Waals surface area (Å²) in [6, 6.07) is 3.63. The number of nitrogens with one attached hydrogen (secondary N) is 1. The monoisotopic (exact) mass is 351 g/mol. The van der Waals surface area contributed by atoms with Crippen LogP contribution >= 0.6 is 0 Å². The number of nitro benzene ring substituents is 1. The van der Waals surface area contributed by atoms with Gasteiger partial charge in [-0.15, -0.1) is 0 Å². The highest BCUT2D eigenvalue weighted by molar-refractivity contribution is 6.01. The summed E-state index contributed by atoms with van der Waals surface area (Å²) in [6.45, 7) is 0.734. The zero-order valence-electron chi connectivity index (χ0n) is 13.4. The molecule has 1 fully saturated rings. The Morgan fingerprint density at radius 2 is 2.04 bits per heavy atom. The van der Waals surface area contributed by atoms with Gasteiger partial charge >= 0.3 is 0 Å². The smallest absolute Gasteiger partial charge is 0.273 e. The molecule has 10 heteroatoms. The summed E-state index contributed by atoms with van der Waals surface area (Å²) in [6.07, 6.45) is -0.941. The summed E-state index contributed by atoms with van der Waals surface area (Å²) in [7, 11) is 0. The van der Waals surface area contributed by atoms with Gasteiger partial charge in [0.2, 0.25) is 17.7 Å². The molecule has 0 aromatic heterocycles. The zero-order chi connectivity index (χ0) is 18.6. The van der Waals surface area contributed by atoms with Crippen molar-refractivity contribution in [1.29, 1.82) is 0 Å². The normalized spacial score (nSPS) is 15.2. The van der Waals surface area contributed by atoms with Crippen LogP contribution in [0.15, 0.2) is 18.2 Å². The maximum atomic E-state index is 11.5. The summed E-state index contributed by atoms with van der Waals surface area (Å²) in [4.78, 5) is 45.4. The van der Waals surface area contributed by atoms with Crippen molar-refractivity contribution in [3.05, 3.63) is 28.3 Å². The Balaban J connectivity index is 2.05. The van der Waals surface area contributed by atoms with Crippen LogP contribution in [0, 0.1) is 10.1 Å². The van der Waals surface area contributed by atoms with Crippen LogP contribution in [0.1, 0.15) is 19.8 Å². The van der Waals surface area contributed by atoms with Crippen LogP contribution in [0.5, 0.6) is 5.75 Å².